The molecule has 9 heteroatoms. The van der Waals surface area contributed by atoms with Crippen LogP contribution in [0.1, 0.15) is 11.1 Å². The molecule has 0 spiro atoms. The third-order valence-corrected chi connectivity index (χ3v) is 4.51. The fourth-order valence-corrected chi connectivity index (χ4v) is 2.93. The number of anilines is 1. The molecule has 32 heavy (non-hydrogen) atoms. The standard InChI is InChI=1S/C23H20FN3O5/c24-19-12-11-18(14-21(19)27(30)31)25-22(28)20(13-16-7-3-1-4-8-16)26-23(29)32-15-17-9-5-2-6-10-17/h1-12,14,20H,13,15H2,(H,25,28)(H,26,29). The summed E-state index contributed by atoms with van der Waals surface area (Å²) in [5.41, 5.74) is 0.824. The Balaban J connectivity index is 1.71. The molecule has 0 heterocycles. The van der Waals surface area contributed by atoms with Gasteiger partial charge in [0.25, 0.3) is 0 Å². The second-order valence-corrected chi connectivity index (χ2v) is 6.86. The van der Waals surface area contributed by atoms with Crippen LogP contribution in [0, 0.1) is 15.9 Å². The number of rotatable bonds is 8. The third kappa shape index (κ3) is 6.36. The van der Waals surface area contributed by atoms with Gasteiger partial charge in [0.1, 0.15) is 12.6 Å². The van der Waals surface area contributed by atoms with E-state index in [9.17, 15) is 24.1 Å². The minimum absolute atomic E-state index is 0.0243. The van der Waals surface area contributed by atoms with Crippen molar-refractivity contribution in [2.75, 3.05) is 5.32 Å². The molecule has 0 fully saturated rings. The number of nitro groups is 1. The molecule has 3 aromatic carbocycles. The van der Waals surface area contributed by atoms with E-state index in [1.165, 1.54) is 6.07 Å². The highest BCUT2D eigenvalue weighted by Crippen LogP contribution is 2.22. The number of carbonyl (C=O) groups is 2. The van der Waals surface area contributed by atoms with Crippen molar-refractivity contribution < 1.29 is 23.6 Å². The number of nitrogens with zero attached hydrogens (tertiary/aromatic N) is 1. The van der Waals surface area contributed by atoms with Crippen molar-refractivity contribution in [2.45, 2.75) is 19.1 Å². The van der Waals surface area contributed by atoms with Crippen molar-refractivity contribution in [1.29, 1.82) is 0 Å². The summed E-state index contributed by atoms with van der Waals surface area (Å²) in [6.07, 6.45) is -0.647. The summed E-state index contributed by atoms with van der Waals surface area (Å²) in [5, 5.41) is 16.0. The molecule has 0 aromatic heterocycles. The van der Waals surface area contributed by atoms with Crippen molar-refractivity contribution in [3.63, 3.8) is 0 Å². The summed E-state index contributed by atoms with van der Waals surface area (Å²) in [5.74, 6) is -1.65. The molecule has 2 amide bonds. The van der Waals surface area contributed by atoms with E-state index in [1.54, 1.807) is 36.4 Å². The molecule has 2 N–H and O–H groups in total. The number of halogens is 1. The lowest BCUT2D eigenvalue weighted by Crippen LogP contribution is -2.45. The van der Waals surface area contributed by atoms with E-state index >= 15 is 0 Å². The number of benzene rings is 3. The minimum atomic E-state index is -1.04. The maximum Gasteiger partial charge on any atom is 0.408 e. The van der Waals surface area contributed by atoms with Gasteiger partial charge in [0, 0.05) is 18.2 Å². The number of amides is 2. The van der Waals surface area contributed by atoms with Gasteiger partial charge in [-0.1, -0.05) is 60.7 Å². The van der Waals surface area contributed by atoms with Crippen molar-refractivity contribution in [3.05, 3.63) is 106 Å². The van der Waals surface area contributed by atoms with Gasteiger partial charge in [-0.15, -0.1) is 0 Å². The summed E-state index contributed by atoms with van der Waals surface area (Å²) in [6.45, 7) is 0.0243. The van der Waals surface area contributed by atoms with Crippen LogP contribution in [0.25, 0.3) is 0 Å². The van der Waals surface area contributed by atoms with Gasteiger partial charge in [0.05, 0.1) is 4.92 Å². The molecule has 0 saturated carbocycles. The second kappa shape index (κ2) is 10.7. The monoisotopic (exact) mass is 437 g/mol. The zero-order chi connectivity index (χ0) is 22.9. The number of hydrogen-bond donors (Lipinski definition) is 2. The average molecular weight is 437 g/mol. The molecule has 0 saturated heterocycles. The zero-order valence-electron chi connectivity index (χ0n) is 16.9. The van der Waals surface area contributed by atoms with Crippen molar-refractivity contribution in [2.24, 2.45) is 0 Å². The summed E-state index contributed by atoms with van der Waals surface area (Å²) < 4.78 is 18.8. The van der Waals surface area contributed by atoms with Crippen LogP contribution in [-0.4, -0.2) is 23.0 Å². The van der Waals surface area contributed by atoms with Gasteiger partial charge in [-0.25, -0.2) is 4.79 Å². The molecule has 164 valence electrons. The van der Waals surface area contributed by atoms with Crippen LogP contribution in [-0.2, 0) is 22.6 Å². The first kappa shape index (κ1) is 22.4. The van der Waals surface area contributed by atoms with Crippen LogP contribution >= 0.6 is 0 Å². The molecular formula is C23H20FN3O5. The van der Waals surface area contributed by atoms with Crippen LogP contribution in [0.2, 0.25) is 0 Å². The largest absolute Gasteiger partial charge is 0.445 e. The normalized spacial score (nSPS) is 11.3. The van der Waals surface area contributed by atoms with E-state index in [4.69, 9.17) is 4.74 Å². The Kier molecular flexibility index (Phi) is 7.47. The van der Waals surface area contributed by atoms with Gasteiger partial charge in [-0.3, -0.25) is 14.9 Å². The topological polar surface area (TPSA) is 111 Å². The fourth-order valence-electron chi connectivity index (χ4n) is 2.93. The Morgan fingerprint density at radius 2 is 1.59 bits per heavy atom. The summed E-state index contributed by atoms with van der Waals surface area (Å²) in [4.78, 5) is 35.2. The molecule has 0 aliphatic rings. The molecule has 0 bridgehead atoms. The molecule has 0 aliphatic carbocycles. The average Bonchev–Trinajstić information content (AvgIpc) is 2.79. The quantitative estimate of drug-likeness (QED) is 0.405. The maximum absolute atomic E-state index is 13.6. The number of alkyl carbamates (subject to hydrolysis) is 1. The Labute approximate surface area is 183 Å². The van der Waals surface area contributed by atoms with Crippen LogP contribution < -0.4 is 10.6 Å². The van der Waals surface area contributed by atoms with Crippen molar-refractivity contribution in [1.82, 2.24) is 5.32 Å². The molecule has 8 nitrogen and oxygen atoms in total. The van der Waals surface area contributed by atoms with Gasteiger partial charge >= 0.3 is 11.8 Å². The third-order valence-electron chi connectivity index (χ3n) is 4.51. The Bertz CT molecular complexity index is 1090. The Morgan fingerprint density at radius 1 is 0.969 bits per heavy atom. The van der Waals surface area contributed by atoms with E-state index < -0.39 is 34.5 Å². The minimum Gasteiger partial charge on any atom is -0.445 e. The van der Waals surface area contributed by atoms with Crippen LogP contribution in [0.4, 0.5) is 20.6 Å². The SMILES string of the molecule is O=C(NC(Cc1ccccc1)C(=O)Nc1ccc(F)c([N+](=O)[O-])c1)OCc1ccccc1. The Morgan fingerprint density at radius 3 is 2.22 bits per heavy atom. The maximum atomic E-state index is 13.6. The molecule has 1 unspecified atom stereocenters. The van der Waals surface area contributed by atoms with E-state index in [1.807, 2.05) is 24.3 Å². The lowest BCUT2D eigenvalue weighted by molar-refractivity contribution is -0.387. The predicted octanol–water partition coefficient (Wildman–Crippen LogP) is 4.21. The molecule has 0 radical (unpaired) electrons. The number of hydrogen-bond acceptors (Lipinski definition) is 5. The second-order valence-electron chi connectivity index (χ2n) is 6.86. The van der Waals surface area contributed by atoms with E-state index in [2.05, 4.69) is 10.6 Å². The Hall–Kier alpha value is -4.27. The van der Waals surface area contributed by atoms with Crippen LogP contribution in [0.5, 0.6) is 0 Å². The number of nitro benzene ring substituents is 1. The summed E-state index contributed by atoms with van der Waals surface area (Å²) in [6, 6.07) is 20.0. The fraction of sp³-hybridized carbons (Fsp3) is 0.130. The van der Waals surface area contributed by atoms with Gasteiger partial charge < -0.3 is 15.4 Å². The molecule has 0 aliphatic heterocycles. The molecule has 3 rings (SSSR count). The first-order valence-corrected chi connectivity index (χ1v) is 9.68. The van der Waals surface area contributed by atoms with Gasteiger partial charge in [0.2, 0.25) is 11.7 Å². The number of nitrogens with one attached hydrogen (secondary N) is 2. The molecular weight excluding hydrogens is 417 g/mol. The first-order valence-electron chi connectivity index (χ1n) is 9.68. The molecule has 1 atom stereocenters. The van der Waals surface area contributed by atoms with E-state index in [0.29, 0.717) is 0 Å². The lowest BCUT2D eigenvalue weighted by Gasteiger charge is -2.18. The van der Waals surface area contributed by atoms with E-state index in [0.717, 1.165) is 23.3 Å². The number of carbonyl (C=O) groups excluding carboxylic acids is 2. The predicted molar refractivity (Wildman–Crippen MR) is 115 cm³/mol. The van der Waals surface area contributed by atoms with Gasteiger partial charge in [-0.2, -0.15) is 4.39 Å². The van der Waals surface area contributed by atoms with Crippen LogP contribution in [0.3, 0.4) is 0 Å². The smallest absolute Gasteiger partial charge is 0.408 e. The first-order chi connectivity index (χ1) is 15.4. The summed E-state index contributed by atoms with van der Waals surface area (Å²) >= 11 is 0. The zero-order valence-corrected chi connectivity index (χ0v) is 16.9. The highest BCUT2D eigenvalue weighted by molar-refractivity contribution is 5.97. The lowest BCUT2D eigenvalue weighted by atomic mass is 10.1. The number of ether oxygens (including phenoxy) is 1. The van der Waals surface area contributed by atoms with E-state index in [-0.39, 0.29) is 18.7 Å². The van der Waals surface area contributed by atoms with Gasteiger partial charge in [0.15, 0.2) is 0 Å². The summed E-state index contributed by atoms with van der Waals surface area (Å²) in [7, 11) is 0. The van der Waals surface area contributed by atoms with Crippen molar-refractivity contribution in [3.8, 4) is 0 Å². The molecule has 3 aromatic rings. The van der Waals surface area contributed by atoms with Crippen LogP contribution in [0.15, 0.2) is 78.9 Å². The highest BCUT2D eigenvalue weighted by atomic mass is 19.1. The highest BCUT2D eigenvalue weighted by Gasteiger charge is 2.23. The van der Waals surface area contributed by atoms with Gasteiger partial charge in [-0.05, 0) is 23.3 Å². The van der Waals surface area contributed by atoms with Crippen molar-refractivity contribution >= 4 is 23.4 Å².